The van der Waals surface area contributed by atoms with Crippen molar-refractivity contribution >= 4 is 21.6 Å². The van der Waals surface area contributed by atoms with Crippen molar-refractivity contribution in [2.24, 2.45) is 5.92 Å². The zero-order chi connectivity index (χ0) is 11.4. The Morgan fingerprint density at radius 2 is 2.20 bits per heavy atom. The molecule has 0 N–H and O–H groups in total. The van der Waals surface area contributed by atoms with Crippen LogP contribution in [-0.2, 0) is 0 Å². The van der Waals surface area contributed by atoms with Gasteiger partial charge in [-0.3, -0.25) is 0 Å². The molecule has 0 saturated carbocycles. The number of nitriles is 1. The molecular weight excluding hydrogens is 252 g/mol. The third-order valence-corrected chi connectivity index (χ3v) is 3.22. The van der Waals surface area contributed by atoms with Crippen LogP contribution in [0.1, 0.15) is 12.5 Å². The van der Waals surface area contributed by atoms with Crippen LogP contribution in [0.2, 0.25) is 0 Å². The molecule has 0 aliphatic carbocycles. The van der Waals surface area contributed by atoms with Gasteiger partial charge >= 0.3 is 0 Å². The van der Waals surface area contributed by atoms with Gasteiger partial charge in [0, 0.05) is 23.8 Å². The maximum Gasteiger partial charge on any atom is 0.0671 e. The summed E-state index contributed by atoms with van der Waals surface area (Å²) in [5.74, 6) is 0.0510. The van der Waals surface area contributed by atoms with Crippen molar-refractivity contribution in [1.82, 2.24) is 0 Å². The third kappa shape index (κ3) is 3.24. The van der Waals surface area contributed by atoms with Gasteiger partial charge in [-0.15, -0.1) is 0 Å². The molecule has 1 aromatic rings. The second-order valence-corrected chi connectivity index (χ2v) is 4.70. The molecule has 0 amide bonds. The van der Waals surface area contributed by atoms with Crippen molar-refractivity contribution in [2.45, 2.75) is 13.8 Å². The summed E-state index contributed by atoms with van der Waals surface area (Å²) in [6.07, 6.45) is 0. The zero-order valence-electron chi connectivity index (χ0n) is 9.29. The molecule has 1 atom stereocenters. The molecule has 0 fully saturated rings. The van der Waals surface area contributed by atoms with E-state index in [1.54, 1.807) is 0 Å². The molecule has 0 aromatic heterocycles. The van der Waals surface area contributed by atoms with Crippen LogP contribution in [0, 0.1) is 24.2 Å². The van der Waals surface area contributed by atoms with E-state index in [2.05, 4.69) is 52.0 Å². The fraction of sp³-hybridized carbons (Fsp3) is 0.417. The summed E-state index contributed by atoms with van der Waals surface area (Å²) in [6, 6.07) is 8.47. The Kier molecular flexibility index (Phi) is 4.16. The molecule has 0 saturated heterocycles. The van der Waals surface area contributed by atoms with E-state index >= 15 is 0 Å². The van der Waals surface area contributed by atoms with E-state index in [0.29, 0.717) is 0 Å². The van der Waals surface area contributed by atoms with Crippen LogP contribution in [0.15, 0.2) is 22.7 Å². The summed E-state index contributed by atoms with van der Waals surface area (Å²) >= 11 is 3.51. The number of halogens is 1. The number of benzene rings is 1. The summed E-state index contributed by atoms with van der Waals surface area (Å²) in [4.78, 5) is 2.10. The second-order valence-electron chi connectivity index (χ2n) is 3.84. The van der Waals surface area contributed by atoms with Gasteiger partial charge in [0.05, 0.1) is 12.0 Å². The summed E-state index contributed by atoms with van der Waals surface area (Å²) in [7, 11) is 2.00. The molecule has 2 nitrogen and oxygen atoms in total. The fourth-order valence-electron chi connectivity index (χ4n) is 1.38. The first kappa shape index (κ1) is 12.1. The highest BCUT2D eigenvalue weighted by Crippen LogP contribution is 2.23. The maximum atomic E-state index is 8.74. The third-order valence-electron chi connectivity index (χ3n) is 2.36. The lowest BCUT2D eigenvalue weighted by Crippen LogP contribution is -2.23. The maximum absolute atomic E-state index is 8.74. The lowest BCUT2D eigenvalue weighted by Gasteiger charge is -2.21. The minimum Gasteiger partial charge on any atom is -0.373 e. The zero-order valence-corrected chi connectivity index (χ0v) is 10.9. The number of aryl methyl sites for hydroxylation is 1. The van der Waals surface area contributed by atoms with E-state index in [-0.39, 0.29) is 5.92 Å². The lowest BCUT2D eigenvalue weighted by atomic mass is 10.1. The Morgan fingerprint density at radius 3 is 2.73 bits per heavy atom. The average Bonchev–Trinajstić information content (AvgIpc) is 2.21. The first-order valence-corrected chi connectivity index (χ1v) is 5.70. The van der Waals surface area contributed by atoms with Gasteiger partial charge in [0.1, 0.15) is 0 Å². The van der Waals surface area contributed by atoms with Crippen molar-refractivity contribution in [1.29, 1.82) is 5.26 Å². The minimum atomic E-state index is 0.0510. The van der Waals surface area contributed by atoms with E-state index in [4.69, 9.17) is 5.26 Å². The second kappa shape index (κ2) is 5.18. The van der Waals surface area contributed by atoms with Crippen LogP contribution in [-0.4, -0.2) is 13.6 Å². The Hall–Kier alpha value is -1.01. The summed E-state index contributed by atoms with van der Waals surface area (Å²) in [5, 5.41) is 8.74. The molecule has 0 heterocycles. The molecule has 1 aromatic carbocycles. The topological polar surface area (TPSA) is 27.0 Å². The fourth-order valence-corrected chi connectivity index (χ4v) is 1.74. The largest absolute Gasteiger partial charge is 0.373 e. The smallest absolute Gasteiger partial charge is 0.0671 e. The SMILES string of the molecule is Cc1ccc(N(C)CC(C)C#N)cc1Br. The van der Waals surface area contributed by atoms with Gasteiger partial charge in [-0.25, -0.2) is 0 Å². The molecule has 15 heavy (non-hydrogen) atoms. The molecule has 1 rings (SSSR count). The van der Waals surface area contributed by atoms with Crippen molar-refractivity contribution in [2.75, 3.05) is 18.5 Å². The number of nitrogens with zero attached hydrogens (tertiary/aromatic N) is 2. The van der Waals surface area contributed by atoms with Crippen LogP contribution in [0.25, 0.3) is 0 Å². The van der Waals surface area contributed by atoms with Crippen molar-refractivity contribution < 1.29 is 0 Å². The van der Waals surface area contributed by atoms with E-state index in [1.807, 2.05) is 14.0 Å². The highest BCUT2D eigenvalue weighted by Gasteiger charge is 2.07. The average molecular weight is 267 g/mol. The minimum absolute atomic E-state index is 0.0510. The van der Waals surface area contributed by atoms with Crippen LogP contribution in [0.5, 0.6) is 0 Å². The van der Waals surface area contributed by atoms with Gasteiger partial charge in [-0.2, -0.15) is 5.26 Å². The Bertz CT molecular complexity index is 382. The summed E-state index contributed by atoms with van der Waals surface area (Å²) in [6.45, 7) is 4.75. The standard InChI is InChI=1S/C12H15BrN2/c1-9(7-14)8-15(3)11-5-4-10(2)12(13)6-11/h4-6,9H,8H2,1-3H3. The first-order valence-electron chi connectivity index (χ1n) is 4.91. The summed E-state index contributed by atoms with van der Waals surface area (Å²) < 4.78 is 1.11. The normalized spacial score (nSPS) is 11.9. The molecule has 0 spiro atoms. The molecule has 1 unspecified atom stereocenters. The molecule has 0 radical (unpaired) electrons. The highest BCUT2D eigenvalue weighted by atomic mass is 79.9. The number of rotatable bonds is 3. The van der Waals surface area contributed by atoms with Gasteiger partial charge in [-0.05, 0) is 31.5 Å². The number of anilines is 1. The first-order chi connectivity index (χ1) is 7.04. The van der Waals surface area contributed by atoms with Gasteiger partial charge < -0.3 is 4.90 Å². The number of hydrogen-bond acceptors (Lipinski definition) is 2. The molecule has 0 aliphatic rings. The van der Waals surface area contributed by atoms with Crippen molar-refractivity contribution in [3.8, 4) is 6.07 Å². The van der Waals surface area contributed by atoms with Crippen LogP contribution >= 0.6 is 15.9 Å². The van der Waals surface area contributed by atoms with Gasteiger partial charge in [0.15, 0.2) is 0 Å². The van der Waals surface area contributed by atoms with Crippen LogP contribution < -0.4 is 4.90 Å². The molecule has 3 heteroatoms. The summed E-state index contributed by atoms with van der Waals surface area (Å²) in [5.41, 5.74) is 2.36. The Morgan fingerprint density at radius 1 is 1.53 bits per heavy atom. The van der Waals surface area contributed by atoms with Crippen molar-refractivity contribution in [3.63, 3.8) is 0 Å². The Balaban J connectivity index is 2.79. The molecule has 0 aliphatic heterocycles. The molecule has 0 bridgehead atoms. The van der Waals surface area contributed by atoms with Crippen LogP contribution in [0.4, 0.5) is 5.69 Å². The monoisotopic (exact) mass is 266 g/mol. The lowest BCUT2D eigenvalue weighted by molar-refractivity contribution is 0.716. The molecule has 80 valence electrons. The Labute approximate surface area is 99.6 Å². The van der Waals surface area contributed by atoms with E-state index < -0.39 is 0 Å². The van der Waals surface area contributed by atoms with Gasteiger partial charge in [-0.1, -0.05) is 22.0 Å². The molecular formula is C12H15BrN2. The van der Waals surface area contributed by atoms with E-state index in [0.717, 1.165) is 16.7 Å². The van der Waals surface area contributed by atoms with Gasteiger partial charge in [0.2, 0.25) is 0 Å². The van der Waals surface area contributed by atoms with Crippen molar-refractivity contribution in [3.05, 3.63) is 28.2 Å². The van der Waals surface area contributed by atoms with E-state index in [1.165, 1.54) is 5.56 Å². The van der Waals surface area contributed by atoms with Crippen LogP contribution in [0.3, 0.4) is 0 Å². The highest BCUT2D eigenvalue weighted by molar-refractivity contribution is 9.10. The van der Waals surface area contributed by atoms with E-state index in [9.17, 15) is 0 Å². The number of hydrogen-bond donors (Lipinski definition) is 0. The quantitative estimate of drug-likeness (QED) is 0.839. The predicted molar refractivity (Wildman–Crippen MR) is 66.9 cm³/mol. The predicted octanol–water partition coefficient (Wildman–Crippen LogP) is 3.35. The van der Waals surface area contributed by atoms with Gasteiger partial charge in [0.25, 0.3) is 0 Å².